The summed E-state index contributed by atoms with van der Waals surface area (Å²) in [4.78, 5) is 12.3. The van der Waals surface area contributed by atoms with Crippen molar-refractivity contribution in [2.45, 2.75) is 18.7 Å². The molecule has 0 spiro atoms. The molecule has 0 bridgehead atoms. The first kappa shape index (κ1) is 22.4. The monoisotopic (exact) mass is 393 g/mol. The van der Waals surface area contributed by atoms with E-state index in [1.165, 1.54) is 33.5 Å². The van der Waals surface area contributed by atoms with Gasteiger partial charge in [0.05, 0.1) is 40.7 Å². The van der Waals surface area contributed by atoms with Gasteiger partial charge in [0.1, 0.15) is 0 Å². The van der Waals surface area contributed by atoms with Gasteiger partial charge in [-0.1, -0.05) is 0 Å². The number of hydrogen-bond donors (Lipinski definition) is 2. The Kier molecular flexibility index (Phi) is 7.77. The van der Waals surface area contributed by atoms with Gasteiger partial charge in [-0.15, -0.1) is 0 Å². The predicted molar refractivity (Wildman–Crippen MR) is 90.2 cm³/mol. The van der Waals surface area contributed by atoms with Crippen molar-refractivity contribution >= 4 is 5.91 Å². The van der Waals surface area contributed by atoms with Crippen molar-refractivity contribution in [3.8, 4) is 17.2 Å². The van der Waals surface area contributed by atoms with Crippen LogP contribution in [0.25, 0.3) is 0 Å². The van der Waals surface area contributed by atoms with Crippen LogP contribution in [0.2, 0.25) is 0 Å². The van der Waals surface area contributed by atoms with E-state index in [1.54, 1.807) is 6.92 Å². The number of hydrogen-bond acceptors (Lipinski definition) is 6. The minimum Gasteiger partial charge on any atom is -0.502 e. The van der Waals surface area contributed by atoms with Gasteiger partial charge in [-0.05, 0) is 25.1 Å². The summed E-state index contributed by atoms with van der Waals surface area (Å²) in [5.74, 6) is -0.335. The molecular formula is C17H22F3NO6. The highest BCUT2D eigenvalue weighted by atomic mass is 19.4. The summed E-state index contributed by atoms with van der Waals surface area (Å²) in [5.41, 5.74) is -3.33. The van der Waals surface area contributed by atoms with E-state index in [2.05, 4.69) is 0 Å². The number of benzene rings is 1. The summed E-state index contributed by atoms with van der Waals surface area (Å²) in [7, 11) is 4.04. The smallest absolute Gasteiger partial charge is 0.422 e. The van der Waals surface area contributed by atoms with Gasteiger partial charge in [0.15, 0.2) is 17.1 Å². The first-order chi connectivity index (χ1) is 12.6. The molecule has 2 N–H and O–H groups in total. The number of amides is 1. The molecule has 0 saturated carbocycles. The van der Waals surface area contributed by atoms with Crippen molar-refractivity contribution in [2.75, 3.05) is 34.5 Å². The summed E-state index contributed by atoms with van der Waals surface area (Å²) in [5, 5.41) is 11.9. The third kappa shape index (κ3) is 5.43. The molecule has 0 aliphatic rings. The third-order valence-corrected chi connectivity index (χ3v) is 3.54. The maximum atomic E-state index is 13.2. The number of alkyl halides is 3. The summed E-state index contributed by atoms with van der Waals surface area (Å²) in [6, 6.07) is 2.55. The quantitative estimate of drug-likeness (QED) is 0.626. The number of carbonyl (C=O) groups excluding carboxylic acids is 1. The average molecular weight is 393 g/mol. The fourth-order valence-corrected chi connectivity index (χ4v) is 2.04. The molecule has 0 fully saturated rings. The Morgan fingerprint density at radius 1 is 1.15 bits per heavy atom. The number of nitrogens with one attached hydrogen (secondary N) is 1. The van der Waals surface area contributed by atoms with E-state index < -0.39 is 24.2 Å². The first-order valence-electron chi connectivity index (χ1n) is 7.80. The minimum atomic E-state index is -5.02. The van der Waals surface area contributed by atoms with Gasteiger partial charge >= 0.3 is 6.18 Å². The van der Waals surface area contributed by atoms with Crippen LogP contribution in [0.15, 0.2) is 24.5 Å². The van der Waals surface area contributed by atoms with Gasteiger partial charge < -0.3 is 29.4 Å². The summed E-state index contributed by atoms with van der Waals surface area (Å²) in [6.07, 6.45) is -3.85. The predicted octanol–water partition coefficient (Wildman–Crippen LogP) is 2.29. The van der Waals surface area contributed by atoms with E-state index in [1.807, 2.05) is 5.32 Å². The Morgan fingerprint density at radius 3 is 2.11 bits per heavy atom. The van der Waals surface area contributed by atoms with E-state index in [9.17, 15) is 23.1 Å². The highest BCUT2D eigenvalue weighted by Gasteiger charge is 2.52. The fraction of sp³-hybridized carbons (Fsp3) is 0.471. The van der Waals surface area contributed by atoms with Crippen LogP contribution >= 0.6 is 0 Å². The van der Waals surface area contributed by atoms with E-state index in [0.29, 0.717) is 6.08 Å². The second-order valence-electron chi connectivity index (χ2n) is 5.28. The van der Waals surface area contributed by atoms with Gasteiger partial charge in [0.2, 0.25) is 5.75 Å². The highest BCUT2D eigenvalue weighted by Crippen LogP contribution is 2.38. The maximum absolute atomic E-state index is 13.2. The lowest BCUT2D eigenvalue weighted by Crippen LogP contribution is -2.52. The van der Waals surface area contributed by atoms with E-state index >= 15 is 0 Å². The van der Waals surface area contributed by atoms with Crippen LogP contribution in [0.4, 0.5) is 13.2 Å². The molecule has 1 aromatic rings. The molecule has 1 aromatic carbocycles. The van der Waals surface area contributed by atoms with Gasteiger partial charge in [0.25, 0.3) is 5.91 Å². The zero-order chi connectivity index (χ0) is 20.7. The summed E-state index contributed by atoms with van der Waals surface area (Å²) < 4.78 is 59.5. The minimum absolute atomic E-state index is 0.0391. The topological polar surface area (TPSA) is 86.3 Å². The van der Waals surface area contributed by atoms with E-state index in [0.717, 1.165) is 6.26 Å². The molecule has 0 aromatic heterocycles. The Balaban J connectivity index is 3.06. The SMILES string of the molecule is CCOC=CC(O)(CNC(=O)c1cc(OC)c(OC)c(OC)c1)C(F)(F)F. The first-order valence-corrected chi connectivity index (χ1v) is 7.80. The molecule has 0 heterocycles. The standard InChI is InChI=1S/C17H22F3NO6/c1-5-27-7-6-16(23,17(18,19)20)10-21-15(22)11-8-12(24-2)14(26-4)13(9-11)25-3/h6-9,23H,5,10H2,1-4H3,(H,21,22). The Bertz CT molecular complexity index is 652. The molecule has 152 valence electrons. The van der Waals surface area contributed by atoms with Crippen LogP contribution in [0.3, 0.4) is 0 Å². The molecule has 10 heteroatoms. The van der Waals surface area contributed by atoms with E-state index in [-0.39, 0.29) is 29.4 Å². The van der Waals surface area contributed by atoms with Gasteiger partial charge in [-0.3, -0.25) is 4.79 Å². The molecular weight excluding hydrogens is 371 g/mol. The number of rotatable bonds is 9. The number of halogens is 3. The molecule has 1 amide bonds. The zero-order valence-corrected chi connectivity index (χ0v) is 15.3. The van der Waals surface area contributed by atoms with Crippen molar-refractivity contribution in [1.29, 1.82) is 0 Å². The van der Waals surface area contributed by atoms with Crippen molar-refractivity contribution in [2.24, 2.45) is 0 Å². The number of methoxy groups -OCH3 is 3. The molecule has 1 rings (SSSR count). The van der Waals surface area contributed by atoms with Crippen LogP contribution < -0.4 is 19.5 Å². The third-order valence-electron chi connectivity index (χ3n) is 3.54. The van der Waals surface area contributed by atoms with Crippen LogP contribution in [-0.2, 0) is 4.74 Å². The van der Waals surface area contributed by atoms with E-state index in [4.69, 9.17) is 18.9 Å². The second-order valence-corrected chi connectivity index (χ2v) is 5.28. The molecule has 0 radical (unpaired) electrons. The number of aliphatic hydroxyl groups is 1. The van der Waals surface area contributed by atoms with Crippen LogP contribution in [-0.4, -0.2) is 57.3 Å². The fourth-order valence-electron chi connectivity index (χ4n) is 2.04. The Labute approximate surface area is 154 Å². The molecule has 7 nitrogen and oxygen atoms in total. The van der Waals surface area contributed by atoms with Crippen molar-refractivity contribution < 1.29 is 42.0 Å². The van der Waals surface area contributed by atoms with Gasteiger partial charge in [-0.2, -0.15) is 13.2 Å². The van der Waals surface area contributed by atoms with Crippen molar-refractivity contribution in [3.63, 3.8) is 0 Å². The highest BCUT2D eigenvalue weighted by molar-refractivity contribution is 5.95. The molecule has 1 unspecified atom stereocenters. The second kappa shape index (κ2) is 9.36. The van der Waals surface area contributed by atoms with Gasteiger partial charge in [0, 0.05) is 5.56 Å². The van der Waals surface area contributed by atoms with Gasteiger partial charge in [-0.25, -0.2) is 0 Å². The Morgan fingerprint density at radius 2 is 1.70 bits per heavy atom. The normalized spacial score (nSPS) is 13.8. The lowest BCUT2D eigenvalue weighted by atomic mass is 10.0. The van der Waals surface area contributed by atoms with Crippen molar-refractivity contribution in [1.82, 2.24) is 5.32 Å². The lowest BCUT2D eigenvalue weighted by Gasteiger charge is -2.27. The average Bonchev–Trinajstić information content (AvgIpc) is 2.63. The maximum Gasteiger partial charge on any atom is 0.422 e. The Hall–Kier alpha value is -2.62. The number of carbonyl (C=O) groups is 1. The summed E-state index contributed by atoms with van der Waals surface area (Å²) >= 11 is 0. The number of ether oxygens (including phenoxy) is 4. The molecule has 27 heavy (non-hydrogen) atoms. The van der Waals surface area contributed by atoms with Crippen molar-refractivity contribution in [3.05, 3.63) is 30.0 Å². The largest absolute Gasteiger partial charge is 0.502 e. The molecule has 0 saturated heterocycles. The van der Waals surface area contributed by atoms with Crippen LogP contribution in [0.1, 0.15) is 17.3 Å². The zero-order valence-electron chi connectivity index (χ0n) is 15.3. The molecule has 1 atom stereocenters. The molecule has 0 aliphatic heterocycles. The van der Waals surface area contributed by atoms with Crippen LogP contribution in [0.5, 0.6) is 17.2 Å². The lowest BCUT2D eigenvalue weighted by molar-refractivity contribution is -0.237. The summed E-state index contributed by atoms with van der Waals surface area (Å²) in [6.45, 7) is 0.584. The van der Waals surface area contributed by atoms with Crippen LogP contribution in [0, 0.1) is 0 Å². The molecule has 0 aliphatic carbocycles.